The maximum Gasteiger partial charge on any atom is 0.227 e. The molecule has 2 heterocycles. The molecule has 0 saturated carbocycles. The zero-order valence-electron chi connectivity index (χ0n) is 16.3. The molecule has 1 saturated heterocycles. The van der Waals surface area contributed by atoms with Crippen LogP contribution in [-0.2, 0) is 16.0 Å². The van der Waals surface area contributed by atoms with Crippen LogP contribution in [0.3, 0.4) is 0 Å². The first-order valence-corrected chi connectivity index (χ1v) is 10.6. The molecule has 1 aliphatic heterocycles. The van der Waals surface area contributed by atoms with Crippen LogP contribution in [0.2, 0.25) is 0 Å². The Bertz CT molecular complexity index is 694. The van der Waals surface area contributed by atoms with Crippen molar-refractivity contribution in [1.29, 1.82) is 0 Å². The van der Waals surface area contributed by atoms with E-state index in [1.807, 2.05) is 48.6 Å². The third-order valence-electron chi connectivity index (χ3n) is 5.57. The minimum Gasteiger partial charge on any atom is -0.382 e. The Morgan fingerprint density at radius 3 is 2.59 bits per heavy atom. The molecule has 0 radical (unpaired) electrons. The molecule has 5 heteroatoms. The van der Waals surface area contributed by atoms with Gasteiger partial charge in [0.1, 0.15) is 0 Å². The number of carbonyl (C=O) groups excluding carboxylic acids is 1. The average Bonchev–Trinajstić information content (AvgIpc) is 3.21. The number of hydrogen-bond donors (Lipinski definition) is 1. The van der Waals surface area contributed by atoms with Crippen molar-refractivity contribution >= 4 is 17.2 Å². The molecule has 1 aromatic carbocycles. The van der Waals surface area contributed by atoms with Crippen LogP contribution in [-0.4, -0.2) is 49.7 Å². The number of hydrogen-bond acceptors (Lipinski definition) is 4. The van der Waals surface area contributed by atoms with Gasteiger partial charge in [-0.1, -0.05) is 36.4 Å². The van der Waals surface area contributed by atoms with Crippen molar-refractivity contribution in [3.8, 4) is 0 Å². The summed E-state index contributed by atoms with van der Waals surface area (Å²) in [5.74, 6) is -0.0675. The quantitative estimate of drug-likeness (QED) is 0.752. The predicted octanol–water partition coefficient (Wildman–Crippen LogP) is 3.69. The zero-order valence-corrected chi connectivity index (χ0v) is 17.1. The number of piperidine rings is 1. The summed E-state index contributed by atoms with van der Waals surface area (Å²) in [6, 6.07) is 14.3. The number of ether oxygens (including phenoxy) is 1. The topological polar surface area (TPSA) is 41.6 Å². The molecule has 1 fully saturated rings. The normalized spacial score (nSPS) is 18.1. The molecule has 4 nitrogen and oxygen atoms in total. The fourth-order valence-electron chi connectivity index (χ4n) is 3.77. The summed E-state index contributed by atoms with van der Waals surface area (Å²) in [6.45, 7) is 5.61. The third-order valence-corrected chi connectivity index (χ3v) is 6.51. The van der Waals surface area contributed by atoms with Crippen LogP contribution in [0, 0.1) is 0 Å². The lowest BCUT2D eigenvalue weighted by Crippen LogP contribution is -2.58. The van der Waals surface area contributed by atoms with Gasteiger partial charge in [-0.25, -0.2) is 0 Å². The van der Waals surface area contributed by atoms with E-state index in [9.17, 15) is 4.79 Å². The summed E-state index contributed by atoms with van der Waals surface area (Å²) in [6.07, 6.45) is 2.96. The highest BCUT2D eigenvalue weighted by atomic mass is 32.1. The number of nitrogens with one attached hydrogen (secondary N) is 1. The molecule has 0 spiro atoms. The number of methoxy groups -OCH3 is 1. The van der Waals surface area contributed by atoms with Crippen LogP contribution >= 0.6 is 11.3 Å². The minimum absolute atomic E-state index is 0.0882. The van der Waals surface area contributed by atoms with Crippen LogP contribution < -0.4 is 5.32 Å². The first-order valence-electron chi connectivity index (χ1n) is 9.72. The van der Waals surface area contributed by atoms with Gasteiger partial charge in [-0.3, -0.25) is 4.79 Å². The van der Waals surface area contributed by atoms with E-state index < -0.39 is 0 Å². The summed E-state index contributed by atoms with van der Waals surface area (Å²) < 4.78 is 5.49. The van der Waals surface area contributed by atoms with E-state index in [1.165, 1.54) is 4.88 Å². The Morgan fingerprint density at radius 2 is 1.96 bits per heavy atom. The highest BCUT2D eigenvalue weighted by Crippen LogP contribution is 2.25. The van der Waals surface area contributed by atoms with E-state index in [0.717, 1.165) is 44.5 Å². The summed E-state index contributed by atoms with van der Waals surface area (Å²) in [4.78, 5) is 16.8. The third kappa shape index (κ3) is 5.41. The smallest absolute Gasteiger partial charge is 0.227 e. The van der Waals surface area contributed by atoms with Crippen molar-refractivity contribution in [3.63, 3.8) is 0 Å². The molecule has 0 aliphatic carbocycles. The van der Waals surface area contributed by atoms with E-state index >= 15 is 0 Å². The first-order chi connectivity index (χ1) is 13.1. The molecular weight excluding hydrogens is 356 g/mol. The van der Waals surface area contributed by atoms with Crippen LogP contribution in [0.5, 0.6) is 0 Å². The van der Waals surface area contributed by atoms with Crippen molar-refractivity contribution in [1.82, 2.24) is 10.2 Å². The van der Waals surface area contributed by atoms with E-state index in [2.05, 4.69) is 27.7 Å². The summed E-state index contributed by atoms with van der Waals surface area (Å²) in [5, 5.41) is 5.47. The Hall–Kier alpha value is -1.69. The molecule has 1 aromatic heterocycles. The second-order valence-corrected chi connectivity index (χ2v) is 8.54. The SMILES string of the molecule is COCC1(NC(=O)C(C)c2ccccc2)CCN(CCc2cccs2)CC1. The number of nitrogens with zero attached hydrogens (tertiary/aromatic N) is 1. The zero-order chi connectivity index (χ0) is 19.1. The van der Waals surface area contributed by atoms with Gasteiger partial charge in [0.25, 0.3) is 0 Å². The lowest BCUT2D eigenvalue weighted by Gasteiger charge is -2.42. The van der Waals surface area contributed by atoms with Crippen LogP contribution in [0.15, 0.2) is 47.8 Å². The molecule has 1 unspecified atom stereocenters. The Morgan fingerprint density at radius 1 is 1.22 bits per heavy atom. The van der Waals surface area contributed by atoms with Gasteiger partial charge < -0.3 is 15.0 Å². The number of rotatable bonds is 8. The molecule has 1 N–H and O–H groups in total. The number of thiophene rings is 1. The van der Waals surface area contributed by atoms with Crippen molar-refractivity contribution < 1.29 is 9.53 Å². The van der Waals surface area contributed by atoms with Gasteiger partial charge in [0.05, 0.1) is 18.1 Å². The highest BCUT2D eigenvalue weighted by Gasteiger charge is 2.37. The van der Waals surface area contributed by atoms with Crippen molar-refractivity contribution in [2.75, 3.05) is 33.4 Å². The lowest BCUT2D eigenvalue weighted by molar-refractivity contribution is -0.125. The average molecular weight is 387 g/mol. The monoisotopic (exact) mass is 386 g/mol. The number of carbonyl (C=O) groups is 1. The van der Waals surface area contributed by atoms with Gasteiger partial charge in [0, 0.05) is 31.6 Å². The van der Waals surface area contributed by atoms with Gasteiger partial charge in [0.2, 0.25) is 5.91 Å². The van der Waals surface area contributed by atoms with Gasteiger partial charge in [-0.05, 0) is 43.2 Å². The molecule has 1 atom stereocenters. The molecule has 1 aliphatic rings. The van der Waals surface area contributed by atoms with Crippen molar-refractivity contribution in [2.45, 2.75) is 37.6 Å². The van der Waals surface area contributed by atoms with E-state index in [4.69, 9.17) is 4.74 Å². The van der Waals surface area contributed by atoms with E-state index in [-0.39, 0.29) is 17.4 Å². The van der Waals surface area contributed by atoms with Crippen LogP contribution in [0.4, 0.5) is 0 Å². The fourth-order valence-corrected chi connectivity index (χ4v) is 4.47. The molecular formula is C22H30N2O2S. The Labute approximate surface area is 166 Å². The van der Waals surface area contributed by atoms with E-state index in [0.29, 0.717) is 6.61 Å². The Balaban J connectivity index is 1.55. The maximum absolute atomic E-state index is 12.9. The largest absolute Gasteiger partial charge is 0.382 e. The summed E-state index contributed by atoms with van der Waals surface area (Å²) >= 11 is 1.83. The van der Waals surface area contributed by atoms with Gasteiger partial charge >= 0.3 is 0 Å². The standard InChI is InChI=1S/C22H30N2O2S/c1-18(19-7-4-3-5-8-19)21(25)23-22(17-26-2)11-14-24(15-12-22)13-10-20-9-6-16-27-20/h3-9,16,18H,10-15,17H2,1-2H3,(H,23,25). The molecule has 2 aromatic rings. The number of benzene rings is 1. The highest BCUT2D eigenvalue weighted by molar-refractivity contribution is 7.09. The summed E-state index contributed by atoms with van der Waals surface area (Å²) in [5.41, 5.74) is 0.796. The van der Waals surface area contributed by atoms with Gasteiger partial charge in [-0.2, -0.15) is 0 Å². The number of amides is 1. The molecule has 0 bridgehead atoms. The van der Waals surface area contributed by atoms with Gasteiger partial charge in [0.15, 0.2) is 0 Å². The second-order valence-electron chi connectivity index (χ2n) is 7.51. The molecule has 3 rings (SSSR count). The molecule has 1 amide bonds. The first kappa shape index (κ1) is 20.1. The van der Waals surface area contributed by atoms with Crippen molar-refractivity contribution in [3.05, 3.63) is 58.3 Å². The van der Waals surface area contributed by atoms with Crippen molar-refractivity contribution in [2.24, 2.45) is 0 Å². The van der Waals surface area contributed by atoms with Crippen LogP contribution in [0.25, 0.3) is 0 Å². The predicted molar refractivity (Wildman–Crippen MR) is 111 cm³/mol. The second kappa shape index (κ2) is 9.49. The van der Waals surface area contributed by atoms with Gasteiger partial charge in [-0.15, -0.1) is 11.3 Å². The van der Waals surface area contributed by atoms with Crippen LogP contribution in [0.1, 0.15) is 36.1 Å². The lowest BCUT2D eigenvalue weighted by atomic mass is 9.86. The summed E-state index contributed by atoms with van der Waals surface area (Å²) in [7, 11) is 1.72. The molecule has 146 valence electrons. The number of likely N-dealkylation sites (tertiary alicyclic amines) is 1. The van der Waals surface area contributed by atoms with E-state index in [1.54, 1.807) is 7.11 Å². The maximum atomic E-state index is 12.9. The Kier molecular flexibility index (Phi) is 7.05. The fraction of sp³-hybridized carbons (Fsp3) is 0.500. The molecule has 27 heavy (non-hydrogen) atoms. The minimum atomic E-state index is -0.256.